The summed E-state index contributed by atoms with van der Waals surface area (Å²) >= 11 is 0. The lowest BCUT2D eigenvalue weighted by Crippen LogP contribution is -2.68. The van der Waals surface area contributed by atoms with Crippen molar-refractivity contribution in [3.63, 3.8) is 0 Å². The molecule has 2 aliphatic rings. The first-order chi connectivity index (χ1) is 12.0. The molecule has 2 aliphatic heterocycles. The molecule has 4 heterocycles. The summed E-state index contributed by atoms with van der Waals surface area (Å²) in [6.45, 7) is 0.545. The molecule has 2 saturated heterocycles. The smallest absolute Gasteiger partial charge is 0.316 e. The summed E-state index contributed by atoms with van der Waals surface area (Å²) in [5.74, 6) is -0.152. The van der Waals surface area contributed by atoms with Gasteiger partial charge in [-0.1, -0.05) is 0 Å². The van der Waals surface area contributed by atoms with Gasteiger partial charge in [0, 0.05) is 31.4 Å². The van der Waals surface area contributed by atoms with Gasteiger partial charge in [0.05, 0.1) is 18.6 Å². The number of hydrogen-bond donors (Lipinski definition) is 0. The van der Waals surface area contributed by atoms with Crippen LogP contribution >= 0.6 is 0 Å². The highest BCUT2D eigenvalue weighted by molar-refractivity contribution is 7.93. The molecule has 4 rings (SSSR count). The van der Waals surface area contributed by atoms with Crippen molar-refractivity contribution in [1.82, 2.24) is 14.9 Å². The van der Waals surface area contributed by atoms with Gasteiger partial charge in [0.15, 0.2) is 15.6 Å². The van der Waals surface area contributed by atoms with Crippen molar-refractivity contribution in [3.05, 3.63) is 42.6 Å². The Morgan fingerprint density at radius 3 is 2.76 bits per heavy atom. The van der Waals surface area contributed by atoms with Crippen LogP contribution in [0.5, 0.6) is 6.01 Å². The molecule has 9 heteroatoms. The predicted molar refractivity (Wildman–Crippen MR) is 86.8 cm³/mol. The fourth-order valence-corrected chi connectivity index (χ4v) is 5.94. The van der Waals surface area contributed by atoms with Gasteiger partial charge in [-0.15, -0.1) is 0 Å². The number of amides is 1. The van der Waals surface area contributed by atoms with Gasteiger partial charge >= 0.3 is 6.01 Å². The van der Waals surface area contributed by atoms with Crippen molar-refractivity contribution >= 4 is 15.7 Å². The topological polar surface area (TPSA) is 103 Å². The van der Waals surface area contributed by atoms with E-state index in [0.717, 1.165) is 0 Å². The molecular formula is C16H17N3O5S. The SMILES string of the molecule is O=C(c1ccco1)N1CC2(C1)C(COc1ncccn1)CCS2(=O)=O. The minimum Gasteiger partial charge on any atom is -0.463 e. The van der Waals surface area contributed by atoms with Crippen LogP contribution in [0.1, 0.15) is 17.0 Å². The number of sulfone groups is 1. The summed E-state index contributed by atoms with van der Waals surface area (Å²) in [6, 6.07) is 5.11. The maximum Gasteiger partial charge on any atom is 0.316 e. The van der Waals surface area contributed by atoms with Crippen LogP contribution in [0.25, 0.3) is 0 Å². The van der Waals surface area contributed by atoms with Crippen LogP contribution in [0.4, 0.5) is 0 Å². The molecule has 0 aromatic carbocycles. The Morgan fingerprint density at radius 2 is 2.08 bits per heavy atom. The van der Waals surface area contributed by atoms with Crippen LogP contribution in [0.15, 0.2) is 41.3 Å². The van der Waals surface area contributed by atoms with E-state index in [9.17, 15) is 13.2 Å². The lowest BCUT2D eigenvalue weighted by atomic mass is 9.83. The van der Waals surface area contributed by atoms with E-state index in [1.165, 1.54) is 11.2 Å². The predicted octanol–water partition coefficient (Wildman–Crippen LogP) is 0.778. The first kappa shape index (κ1) is 16.1. The Labute approximate surface area is 144 Å². The third kappa shape index (κ3) is 2.58. The van der Waals surface area contributed by atoms with Crippen LogP contribution in [0.2, 0.25) is 0 Å². The Hall–Kier alpha value is -2.42. The molecule has 25 heavy (non-hydrogen) atoms. The fraction of sp³-hybridized carbons (Fsp3) is 0.438. The second-order valence-corrected chi connectivity index (χ2v) is 8.80. The Bertz CT molecular complexity index is 860. The largest absolute Gasteiger partial charge is 0.463 e. The summed E-state index contributed by atoms with van der Waals surface area (Å²) in [6.07, 6.45) is 5.07. The Kier molecular flexibility index (Phi) is 3.75. The maximum absolute atomic E-state index is 12.6. The number of likely N-dealkylation sites (tertiary alicyclic amines) is 1. The van der Waals surface area contributed by atoms with Gasteiger partial charge in [0.2, 0.25) is 0 Å². The molecule has 1 amide bonds. The number of carbonyl (C=O) groups is 1. The third-order valence-corrected chi connectivity index (χ3v) is 7.59. The highest BCUT2D eigenvalue weighted by atomic mass is 32.2. The number of nitrogens with zero attached hydrogens (tertiary/aromatic N) is 3. The molecule has 132 valence electrons. The molecule has 0 radical (unpaired) electrons. The number of aromatic nitrogens is 2. The molecule has 8 nitrogen and oxygen atoms in total. The average molecular weight is 363 g/mol. The van der Waals surface area contributed by atoms with Crippen LogP contribution < -0.4 is 4.74 Å². The quantitative estimate of drug-likeness (QED) is 0.791. The molecule has 1 spiro atoms. The minimum atomic E-state index is -3.28. The molecule has 2 aromatic rings. The van der Waals surface area contributed by atoms with Crippen molar-refractivity contribution in [2.24, 2.45) is 5.92 Å². The Balaban J connectivity index is 1.47. The second kappa shape index (κ2) is 5.83. The highest BCUT2D eigenvalue weighted by Gasteiger charge is 2.63. The van der Waals surface area contributed by atoms with Gasteiger partial charge in [-0.25, -0.2) is 18.4 Å². The van der Waals surface area contributed by atoms with E-state index < -0.39 is 14.6 Å². The summed E-state index contributed by atoms with van der Waals surface area (Å²) in [4.78, 5) is 21.8. The number of carbonyl (C=O) groups excluding carboxylic acids is 1. The van der Waals surface area contributed by atoms with Crippen LogP contribution in [-0.4, -0.2) is 59.4 Å². The van der Waals surface area contributed by atoms with Gasteiger partial charge in [-0.05, 0) is 24.6 Å². The Morgan fingerprint density at radius 1 is 1.32 bits per heavy atom. The van der Waals surface area contributed by atoms with E-state index in [2.05, 4.69) is 9.97 Å². The first-order valence-corrected chi connectivity index (χ1v) is 9.62. The van der Waals surface area contributed by atoms with Crippen LogP contribution in [0.3, 0.4) is 0 Å². The van der Waals surface area contributed by atoms with Crippen LogP contribution in [-0.2, 0) is 9.84 Å². The van der Waals surface area contributed by atoms with E-state index in [4.69, 9.17) is 9.15 Å². The number of furan rings is 1. The van der Waals surface area contributed by atoms with E-state index in [-0.39, 0.29) is 49.0 Å². The average Bonchev–Trinajstić information content (AvgIpc) is 3.18. The van der Waals surface area contributed by atoms with Gasteiger partial charge in [-0.3, -0.25) is 4.79 Å². The van der Waals surface area contributed by atoms with E-state index in [1.54, 1.807) is 30.6 Å². The monoisotopic (exact) mass is 363 g/mol. The second-order valence-electron chi connectivity index (χ2n) is 6.35. The molecular weight excluding hydrogens is 346 g/mol. The van der Waals surface area contributed by atoms with Gasteiger partial charge in [0.25, 0.3) is 5.91 Å². The molecule has 1 unspecified atom stereocenters. The number of hydrogen-bond acceptors (Lipinski definition) is 7. The normalized spacial score (nSPS) is 23.4. The standard InChI is InChI=1S/C16H17N3O5S/c20-14(13-3-1-7-23-13)19-10-16(11-19)12(4-8-25(16,21)22)9-24-15-17-5-2-6-18-15/h1-3,5-7,12H,4,8-11H2. The van der Waals surface area contributed by atoms with E-state index in [0.29, 0.717) is 6.42 Å². The molecule has 2 fully saturated rings. The molecule has 1 atom stereocenters. The van der Waals surface area contributed by atoms with Crippen LogP contribution in [0, 0.1) is 5.92 Å². The van der Waals surface area contributed by atoms with E-state index in [1.807, 2.05) is 0 Å². The fourth-order valence-electron chi connectivity index (χ4n) is 3.54. The third-order valence-electron chi connectivity index (χ3n) is 4.99. The van der Waals surface area contributed by atoms with Gasteiger partial charge in [0.1, 0.15) is 4.75 Å². The van der Waals surface area contributed by atoms with Gasteiger partial charge < -0.3 is 14.1 Å². The summed E-state index contributed by atoms with van der Waals surface area (Å²) in [5.41, 5.74) is 0. The maximum atomic E-state index is 12.6. The van der Waals surface area contributed by atoms with Crippen molar-refractivity contribution in [3.8, 4) is 6.01 Å². The highest BCUT2D eigenvalue weighted by Crippen LogP contribution is 2.45. The lowest BCUT2D eigenvalue weighted by Gasteiger charge is -2.49. The molecule has 0 aliphatic carbocycles. The molecule has 0 N–H and O–H groups in total. The number of ether oxygens (including phenoxy) is 1. The zero-order chi connectivity index (χ0) is 17.5. The van der Waals surface area contributed by atoms with Crippen molar-refractivity contribution in [2.45, 2.75) is 11.2 Å². The molecule has 0 saturated carbocycles. The van der Waals surface area contributed by atoms with Crippen molar-refractivity contribution < 1.29 is 22.4 Å². The van der Waals surface area contributed by atoms with Crippen molar-refractivity contribution in [2.75, 3.05) is 25.4 Å². The lowest BCUT2D eigenvalue weighted by molar-refractivity contribution is 0.0375. The van der Waals surface area contributed by atoms with Gasteiger partial charge in [-0.2, -0.15) is 0 Å². The molecule has 2 aromatic heterocycles. The number of rotatable bonds is 4. The zero-order valence-corrected chi connectivity index (χ0v) is 14.2. The summed E-state index contributed by atoms with van der Waals surface area (Å²) in [7, 11) is -3.28. The van der Waals surface area contributed by atoms with Crippen molar-refractivity contribution in [1.29, 1.82) is 0 Å². The summed E-state index contributed by atoms with van der Waals surface area (Å²) in [5, 5.41) is 0. The molecule has 0 bridgehead atoms. The first-order valence-electron chi connectivity index (χ1n) is 7.97. The minimum absolute atomic E-state index is 0.111. The zero-order valence-electron chi connectivity index (χ0n) is 13.4. The van der Waals surface area contributed by atoms with E-state index >= 15 is 0 Å². The summed E-state index contributed by atoms with van der Waals surface area (Å²) < 4.78 is 34.9.